The van der Waals surface area contributed by atoms with Gasteiger partial charge in [0.05, 0.1) is 17.2 Å². The van der Waals surface area contributed by atoms with E-state index in [4.69, 9.17) is 0 Å². The first-order valence-electron chi connectivity index (χ1n) is 10.3. The summed E-state index contributed by atoms with van der Waals surface area (Å²) in [6, 6.07) is 10.7. The highest BCUT2D eigenvalue weighted by Gasteiger charge is 2.18. The molecule has 1 saturated heterocycles. The van der Waals surface area contributed by atoms with Crippen LogP contribution in [-0.2, 0) is 7.05 Å². The second-order valence-electron chi connectivity index (χ2n) is 7.78. The van der Waals surface area contributed by atoms with Gasteiger partial charge in [-0.25, -0.2) is 9.97 Å². The van der Waals surface area contributed by atoms with Crippen LogP contribution in [0.25, 0.3) is 22.2 Å². The van der Waals surface area contributed by atoms with Crippen LogP contribution < -0.4 is 10.6 Å². The molecule has 3 N–H and O–H groups in total. The van der Waals surface area contributed by atoms with Gasteiger partial charge in [-0.3, -0.25) is 9.58 Å². The quantitative estimate of drug-likeness (QED) is 0.476. The summed E-state index contributed by atoms with van der Waals surface area (Å²) in [7, 11) is 1.92. The van der Waals surface area contributed by atoms with E-state index in [0.29, 0.717) is 12.0 Å². The minimum atomic E-state index is 0.355. The summed E-state index contributed by atoms with van der Waals surface area (Å²) in [6.45, 7) is 6.47. The monoisotopic (exact) mass is 402 g/mol. The molecule has 0 bridgehead atoms. The van der Waals surface area contributed by atoms with Crippen LogP contribution in [0.3, 0.4) is 0 Å². The Kier molecular flexibility index (Phi) is 4.94. The highest BCUT2D eigenvalue weighted by atomic mass is 15.2. The van der Waals surface area contributed by atoms with Gasteiger partial charge in [-0.05, 0) is 42.3 Å². The van der Waals surface area contributed by atoms with Crippen molar-refractivity contribution in [3.8, 4) is 11.1 Å². The minimum Gasteiger partial charge on any atom is -0.324 e. The van der Waals surface area contributed by atoms with E-state index in [1.807, 2.05) is 31.7 Å². The Balaban J connectivity index is 1.36. The largest absolute Gasteiger partial charge is 0.324 e. The summed E-state index contributed by atoms with van der Waals surface area (Å²) in [6.07, 6.45) is 5.73. The number of nitrogens with one attached hydrogen (secondary N) is 3. The van der Waals surface area contributed by atoms with Crippen molar-refractivity contribution in [1.82, 2.24) is 34.9 Å². The number of rotatable bonds is 5. The average Bonchev–Trinajstić information content (AvgIpc) is 3.39. The van der Waals surface area contributed by atoms with Crippen LogP contribution >= 0.6 is 0 Å². The number of H-pyrrole nitrogens is 1. The number of pyridine rings is 1. The predicted molar refractivity (Wildman–Crippen MR) is 119 cm³/mol. The van der Waals surface area contributed by atoms with E-state index in [0.717, 1.165) is 54.2 Å². The maximum absolute atomic E-state index is 4.67. The number of aromatic nitrogens is 5. The van der Waals surface area contributed by atoms with E-state index in [9.17, 15) is 0 Å². The zero-order valence-corrected chi connectivity index (χ0v) is 17.3. The Morgan fingerprint density at radius 2 is 1.97 bits per heavy atom. The minimum absolute atomic E-state index is 0.355. The Labute approximate surface area is 175 Å². The summed E-state index contributed by atoms with van der Waals surface area (Å²) in [5.41, 5.74) is 5.33. The molecule has 0 saturated carbocycles. The van der Waals surface area contributed by atoms with Gasteiger partial charge in [0.15, 0.2) is 0 Å². The molecule has 0 aliphatic carbocycles. The second kappa shape index (κ2) is 7.89. The summed E-state index contributed by atoms with van der Waals surface area (Å²) >= 11 is 0. The number of fused-ring (bicyclic) bond motifs is 1. The van der Waals surface area contributed by atoms with Gasteiger partial charge in [0.1, 0.15) is 5.82 Å². The molecule has 0 amide bonds. The Morgan fingerprint density at radius 3 is 2.77 bits per heavy atom. The highest BCUT2D eigenvalue weighted by molar-refractivity contribution is 5.83. The van der Waals surface area contributed by atoms with Gasteiger partial charge >= 0.3 is 0 Å². The topological polar surface area (TPSA) is 86.7 Å². The molecule has 1 unspecified atom stereocenters. The van der Waals surface area contributed by atoms with E-state index in [1.54, 1.807) is 4.68 Å². The summed E-state index contributed by atoms with van der Waals surface area (Å²) < 4.78 is 1.81. The lowest BCUT2D eigenvalue weighted by atomic mass is 10.1. The maximum Gasteiger partial charge on any atom is 0.206 e. The molecule has 3 aromatic heterocycles. The molecule has 8 nitrogen and oxygen atoms in total. The highest BCUT2D eigenvalue weighted by Crippen LogP contribution is 2.26. The second-order valence-corrected chi connectivity index (χ2v) is 7.78. The normalized spacial score (nSPS) is 16.1. The Hall–Kier alpha value is -3.23. The molecule has 5 rings (SSSR count). The summed E-state index contributed by atoms with van der Waals surface area (Å²) in [5.74, 6) is 1.48. The number of nitrogens with zero attached hydrogens (tertiary/aromatic N) is 5. The van der Waals surface area contributed by atoms with E-state index >= 15 is 0 Å². The number of hydrogen-bond acceptors (Lipinski definition) is 6. The third kappa shape index (κ3) is 3.79. The number of aromatic amines is 1. The maximum atomic E-state index is 4.67. The lowest BCUT2D eigenvalue weighted by Gasteiger charge is -2.33. The van der Waals surface area contributed by atoms with Crippen LogP contribution in [0.1, 0.15) is 18.5 Å². The first-order valence-corrected chi connectivity index (χ1v) is 10.3. The molecule has 4 aromatic rings. The van der Waals surface area contributed by atoms with Crippen LogP contribution in [0.5, 0.6) is 0 Å². The fraction of sp³-hybridized carbons (Fsp3) is 0.318. The van der Waals surface area contributed by atoms with Crippen LogP contribution in [0.15, 0.2) is 48.9 Å². The zero-order valence-electron chi connectivity index (χ0n) is 17.3. The molecular formula is C22H26N8. The van der Waals surface area contributed by atoms with Crippen molar-refractivity contribution in [1.29, 1.82) is 0 Å². The number of benzene rings is 1. The first kappa shape index (κ1) is 18.8. The molecule has 8 heteroatoms. The van der Waals surface area contributed by atoms with Gasteiger partial charge < -0.3 is 15.6 Å². The number of imidazole rings is 1. The van der Waals surface area contributed by atoms with E-state index in [-0.39, 0.29) is 0 Å². The molecule has 1 fully saturated rings. The Bertz CT molecular complexity index is 1150. The molecule has 0 spiro atoms. The van der Waals surface area contributed by atoms with Gasteiger partial charge in [-0.1, -0.05) is 6.07 Å². The molecule has 1 atom stereocenters. The van der Waals surface area contributed by atoms with Crippen LogP contribution in [0.4, 0.5) is 11.8 Å². The molecule has 4 heterocycles. The van der Waals surface area contributed by atoms with Crippen molar-refractivity contribution in [3.05, 3.63) is 54.5 Å². The number of anilines is 2. The lowest BCUT2D eigenvalue weighted by molar-refractivity contribution is 0.185. The Morgan fingerprint density at radius 1 is 1.10 bits per heavy atom. The smallest absolute Gasteiger partial charge is 0.206 e. The van der Waals surface area contributed by atoms with Gasteiger partial charge in [0.2, 0.25) is 5.95 Å². The standard InChI is InChI=1S/C22H26N8/c1-15(30-9-7-23-8-10-30)16-5-6-24-21(12-16)28-22-26-19-4-3-17(11-20(19)27-22)18-13-25-29(2)14-18/h3-6,11-15,23H,7-10H2,1-2H3,(H2,24,26,27,28). The SMILES string of the molecule is CC(c1ccnc(Nc2nc3ccc(-c4cnn(C)c4)cc3[nH]2)c1)N1CCNCC1. The number of piperazine rings is 1. The van der Waals surface area contributed by atoms with Gasteiger partial charge in [0, 0.05) is 57.2 Å². The summed E-state index contributed by atoms with van der Waals surface area (Å²) in [4.78, 5) is 15.0. The van der Waals surface area contributed by atoms with Crippen LogP contribution in [0.2, 0.25) is 0 Å². The number of hydrogen-bond donors (Lipinski definition) is 3. The zero-order chi connectivity index (χ0) is 20.5. The first-order chi connectivity index (χ1) is 14.7. The van der Waals surface area contributed by atoms with Crippen molar-refractivity contribution in [3.63, 3.8) is 0 Å². The fourth-order valence-electron chi connectivity index (χ4n) is 4.00. The van der Waals surface area contributed by atoms with Crippen molar-refractivity contribution in [2.24, 2.45) is 7.05 Å². The van der Waals surface area contributed by atoms with Crippen molar-refractivity contribution in [2.75, 3.05) is 31.5 Å². The molecule has 154 valence electrons. The molecule has 1 aromatic carbocycles. The molecule has 30 heavy (non-hydrogen) atoms. The van der Waals surface area contributed by atoms with Crippen LogP contribution in [0, 0.1) is 0 Å². The molecule has 1 aliphatic heterocycles. The lowest BCUT2D eigenvalue weighted by Crippen LogP contribution is -2.44. The summed E-state index contributed by atoms with van der Waals surface area (Å²) in [5, 5.41) is 11.0. The van der Waals surface area contributed by atoms with E-state index in [1.165, 1.54) is 5.56 Å². The van der Waals surface area contributed by atoms with E-state index in [2.05, 4.69) is 66.8 Å². The van der Waals surface area contributed by atoms with Crippen molar-refractivity contribution >= 4 is 22.8 Å². The molecule has 0 radical (unpaired) electrons. The molecular weight excluding hydrogens is 376 g/mol. The third-order valence-corrected chi connectivity index (χ3v) is 5.73. The fourth-order valence-corrected chi connectivity index (χ4v) is 4.00. The van der Waals surface area contributed by atoms with E-state index < -0.39 is 0 Å². The van der Waals surface area contributed by atoms with Crippen LogP contribution in [-0.4, -0.2) is 55.8 Å². The van der Waals surface area contributed by atoms with Gasteiger partial charge in [-0.15, -0.1) is 0 Å². The molecule has 1 aliphatic rings. The predicted octanol–water partition coefficient (Wildman–Crippen LogP) is 3.07. The van der Waals surface area contributed by atoms with Gasteiger partial charge in [0.25, 0.3) is 0 Å². The van der Waals surface area contributed by atoms with Crippen molar-refractivity contribution < 1.29 is 0 Å². The van der Waals surface area contributed by atoms with Gasteiger partial charge in [-0.2, -0.15) is 5.10 Å². The van der Waals surface area contributed by atoms with Crippen molar-refractivity contribution in [2.45, 2.75) is 13.0 Å². The number of aryl methyl sites for hydroxylation is 1. The average molecular weight is 403 g/mol. The third-order valence-electron chi connectivity index (χ3n) is 5.73.